The molecule has 2 rings (SSSR count). The summed E-state index contributed by atoms with van der Waals surface area (Å²) in [5.41, 5.74) is 0.597. The van der Waals surface area contributed by atoms with Gasteiger partial charge in [-0.1, -0.05) is 18.2 Å². The van der Waals surface area contributed by atoms with Crippen LogP contribution in [0.3, 0.4) is 0 Å². The van der Waals surface area contributed by atoms with E-state index in [4.69, 9.17) is 9.47 Å². The molecular formula is C19H30FN3O2. The van der Waals surface area contributed by atoms with Crippen molar-refractivity contribution in [2.75, 3.05) is 39.5 Å². The summed E-state index contributed by atoms with van der Waals surface area (Å²) in [6.45, 7) is 7.15. The van der Waals surface area contributed by atoms with Gasteiger partial charge in [0.1, 0.15) is 5.82 Å². The Morgan fingerprint density at radius 3 is 2.84 bits per heavy atom. The number of nitrogens with one attached hydrogen (secondary N) is 2. The molecule has 0 amide bonds. The Labute approximate surface area is 150 Å². The van der Waals surface area contributed by atoms with Crippen molar-refractivity contribution in [2.24, 2.45) is 10.9 Å². The number of guanidine groups is 1. The molecule has 0 bridgehead atoms. The second-order valence-corrected chi connectivity index (χ2v) is 6.20. The van der Waals surface area contributed by atoms with E-state index >= 15 is 0 Å². The predicted molar refractivity (Wildman–Crippen MR) is 98.2 cm³/mol. The van der Waals surface area contributed by atoms with E-state index in [0.717, 1.165) is 58.8 Å². The van der Waals surface area contributed by atoms with Gasteiger partial charge < -0.3 is 20.1 Å². The first-order valence-corrected chi connectivity index (χ1v) is 9.20. The minimum Gasteiger partial charge on any atom is -0.381 e. The number of rotatable bonds is 9. The average molecular weight is 351 g/mol. The van der Waals surface area contributed by atoms with Crippen LogP contribution in [0.15, 0.2) is 29.3 Å². The van der Waals surface area contributed by atoms with Crippen molar-refractivity contribution in [3.8, 4) is 0 Å². The third kappa shape index (κ3) is 7.84. The standard InChI is InChI=1S/C19H30FN3O2/c1-2-21-19(23-14-17-6-3-4-7-18(17)20)22-10-5-11-25-15-16-8-12-24-13-9-16/h3-4,6-7,16H,2,5,8-15H2,1H3,(H2,21,22,23). The largest absolute Gasteiger partial charge is 0.381 e. The van der Waals surface area contributed by atoms with Crippen LogP contribution in [0.1, 0.15) is 31.7 Å². The van der Waals surface area contributed by atoms with Crippen LogP contribution in [-0.2, 0) is 16.0 Å². The van der Waals surface area contributed by atoms with Crippen LogP contribution in [0.25, 0.3) is 0 Å². The van der Waals surface area contributed by atoms with E-state index in [-0.39, 0.29) is 5.82 Å². The van der Waals surface area contributed by atoms with Crippen molar-refractivity contribution in [3.63, 3.8) is 0 Å². The number of ether oxygens (including phenoxy) is 2. The summed E-state index contributed by atoms with van der Waals surface area (Å²) >= 11 is 0. The van der Waals surface area contributed by atoms with Gasteiger partial charge in [0.05, 0.1) is 6.54 Å². The second kappa shape index (κ2) is 11.8. The fourth-order valence-corrected chi connectivity index (χ4v) is 2.68. The van der Waals surface area contributed by atoms with Crippen LogP contribution in [0.4, 0.5) is 4.39 Å². The first-order valence-electron chi connectivity index (χ1n) is 9.20. The Morgan fingerprint density at radius 2 is 2.08 bits per heavy atom. The lowest BCUT2D eigenvalue weighted by atomic mass is 10.0. The second-order valence-electron chi connectivity index (χ2n) is 6.20. The minimum atomic E-state index is -0.219. The van der Waals surface area contributed by atoms with Crippen LogP contribution >= 0.6 is 0 Å². The van der Waals surface area contributed by atoms with Gasteiger partial charge in [-0.25, -0.2) is 9.38 Å². The number of hydrogen-bond donors (Lipinski definition) is 2. The monoisotopic (exact) mass is 351 g/mol. The smallest absolute Gasteiger partial charge is 0.191 e. The van der Waals surface area contributed by atoms with Gasteiger partial charge in [0.2, 0.25) is 0 Å². The molecule has 0 atom stereocenters. The van der Waals surface area contributed by atoms with E-state index < -0.39 is 0 Å². The van der Waals surface area contributed by atoms with Gasteiger partial charge in [-0.3, -0.25) is 0 Å². The maximum Gasteiger partial charge on any atom is 0.191 e. The third-order valence-corrected chi connectivity index (χ3v) is 4.16. The number of hydrogen-bond acceptors (Lipinski definition) is 3. The molecule has 6 heteroatoms. The Balaban J connectivity index is 1.63. The van der Waals surface area contributed by atoms with Gasteiger partial charge in [-0.2, -0.15) is 0 Å². The summed E-state index contributed by atoms with van der Waals surface area (Å²) in [6.07, 6.45) is 3.12. The number of halogens is 1. The van der Waals surface area contributed by atoms with Crippen molar-refractivity contribution in [1.82, 2.24) is 10.6 Å². The molecule has 0 unspecified atom stereocenters. The molecule has 0 spiro atoms. The van der Waals surface area contributed by atoms with E-state index in [0.29, 0.717) is 24.0 Å². The van der Waals surface area contributed by atoms with E-state index in [1.807, 2.05) is 13.0 Å². The lowest BCUT2D eigenvalue weighted by molar-refractivity contribution is 0.0203. The molecule has 1 saturated heterocycles. The van der Waals surface area contributed by atoms with Gasteiger partial charge in [-0.15, -0.1) is 0 Å². The molecular weight excluding hydrogens is 321 g/mol. The fraction of sp³-hybridized carbons (Fsp3) is 0.632. The molecule has 2 N–H and O–H groups in total. The van der Waals surface area contributed by atoms with Crippen molar-refractivity contribution in [1.29, 1.82) is 0 Å². The first-order chi connectivity index (χ1) is 12.3. The number of benzene rings is 1. The topological polar surface area (TPSA) is 54.9 Å². The molecule has 140 valence electrons. The van der Waals surface area contributed by atoms with Crippen LogP contribution in [0.2, 0.25) is 0 Å². The van der Waals surface area contributed by atoms with Crippen molar-refractivity contribution >= 4 is 5.96 Å². The summed E-state index contributed by atoms with van der Waals surface area (Å²) in [5.74, 6) is 1.13. The summed E-state index contributed by atoms with van der Waals surface area (Å²) < 4.78 is 24.7. The first kappa shape index (κ1) is 19.7. The Kier molecular flexibility index (Phi) is 9.29. The molecule has 0 radical (unpaired) electrons. The zero-order chi connectivity index (χ0) is 17.7. The van der Waals surface area contributed by atoms with Crippen LogP contribution in [0.5, 0.6) is 0 Å². The third-order valence-electron chi connectivity index (χ3n) is 4.16. The van der Waals surface area contributed by atoms with Gasteiger partial charge in [0, 0.05) is 45.1 Å². The summed E-state index contributed by atoms with van der Waals surface area (Å²) in [4.78, 5) is 4.44. The van der Waals surface area contributed by atoms with E-state index in [9.17, 15) is 4.39 Å². The molecule has 1 aliphatic rings. The quantitative estimate of drug-likeness (QED) is 0.408. The van der Waals surface area contributed by atoms with Gasteiger partial charge in [0.15, 0.2) is 5.96 Å². The molecule has 0 aromatic heterocycles. The minimum absolute atomic E-state index is 0.219. The zero-order valence-electron chi connectivity index (χ0n) is 15.1. The van der Waals surface area contributed by atoms with Crippen molar-refractivity contribution < 1.29 is 13.9 Å². The molecule has 1 aromatic carbocycles. The molecule has 1 fully saturated rings. The van der Waals surface area contributed by atoms with Gasteiger partial charge in [0.25, 0.3) is 0 Å². The van der Waals surface area contributed by atoms with Gasteiger partial charge in [-0.05, 0) is 38.2 Å². The SMILES string of the molecule is CCNC(=NCc1ccccc1F)NCCCOCC1CCOCC1. The average Bonchev–Trinajstić information content (AvgIpc) is 2.64. The van der Waals surface area contributed by atoms with Crippen molar-refractivity contribution in [3.05, 3.63) is 35.6 Å². The van der Waals surface area contributed by atoms with Crippen molar-refractivity contribution in [2.45, 2.75) is 32.7 Å². The molecule has 0 saturated carbocycles. The normalized spacial score (nSPS) is 16.0. The molecule has 25 heavy (non-hydrogen) atoms. The lowest BCUT2D eigenvalue weighted by Crippen LogP contribution is -2.38. The summed E-state index contributed by atoms with van der Waals surface area (Å²) in [7, 11) is 0. The van der Waals surface area contributed by atoms with Crippen LogP contribution < -0.4 is 10.6 Å². The number of nitrogens with zero attached hydrogens (tertiary/aromatic N) is 1. The Hall–Kier alpha value is -1.66. The zero-order valence-corrected chi connectivity index (χ0v) is 15.1. The van der Waals surface area contributed by atoms with E-state index in [1.165, 1.54) is 6.07 Å². The summed E-state index contributed by atoms with van der Waals surface area (Å²) in [5, 5.41) is 6.44. The summed E-state index contributed by atoms with van der Waals surface area (Å²) in [6, 6.07) is 6.73. The molecule has 1 aromatic rings. The maximum absolute atomic E-state index is 13.6. The molecule has 5 nitrogen and oxygen atoms in total. The highest BCUT2D eigenvalue weighted by Crippen LogP contribution is 2.14. The molecule has 1 heterocycles. The Morgan fingerprint density at radius 1 is 1.28 bits per heavy atom. The van der Waals surface area contributed by atoms with E-state index in [1.54, 1.807) is 12.1 Å². The molecule has 1 aliphatic heterocycles. The Bertz CT molecular complexity index is 519. The van der Waals surface area contributed by atoms with Gasteiger partial charge >= 0.3 is 0 Å². The lowest BCUT2D eigenvalue weighted by Gasteiger charge is -2.21. The highest BCUT2D eigenvalue weighted by Gasteiger charge is 2.13. The molecule has 0 aliphatic carbocycles. The van der Waals surface area contributed by atoms with E-state index in [2.05, 4.69) is 15.6 Å². The highest BCUT2D eigenvalue weighted by atomic mass is 19.1. The highest BCUT2D eigenvalue weighted by molar-refractivity contribution is 5.79. The predicted octanol–water partition coefficient (Wildman–Crippen LogP) is 2.71. The fourth-order valence-electron chi connectivity index (χ4n) is 2.68. The number of aliphatic imine (C=N–C) groups is 1. The van der Waals surface area contributed by atoms with Crippen LogP contribution in [-0.4, -0.2) is 45.5 Å². The van der Waals surface area contributed by atoms with Crippen LogP contribution in [0, 0.1) is 11.7 Å². The maximum atomic E-state index is 13.6.